The number of aromatic nitrogens is 1. The van der Waals surface area contributed by atoms with Gasteiger partial charge in [0.25, 0.3) is 5.91 Å². The second kappa shape index (κ2) is 10.6. The first kappa shape index (κ1) is 22.4. The van der Waals surface area contributed by atoms with Gasteiger partial charge >= 0.3 is 0 Å². The van der Waals surface area contributed by atoms with Crippen LogP contribution in [0, 0.1) is 0 Å². The number of benzene rings is 2. The molecule has 0 unspecified atom stereocenters. The van der Waals surface area contributed by atoms with Crippen LogP contribution in [0.25, 0.3) is 0 Å². The Balaban J connectivity index is 1.83. The lowest BCUT2D eigenvalue weighted by Gasteiger charge is -2.23. The summed E-state index contributed by atoms with van der Waals surface area (Å²) in [6, 6.07) is 16.0. The van der Waals surface area contributed by atoms with E-state index in [9.17, 15) is 4.79 Å². The molecule has 1 N–H and O–H groups in total. The van der Waals surface area contributed by atoms with E-state index in [1.165, 1.54) is 6.26 Å². The van der Waals surface area contributed by atoms with Gasteiger partial charge in [0.15, 0.2) is 17.2 Å². The van der Waals surface area contributed by atoms with E-state index >= 15 is 0 Å². The molecule has 1 heterocycles. The molecule has 0 bridgehead atoms. The number of carbonyl (C=O) groups is 1. The Kier molecular flexibility index (Phi) is 7.67. The summed E-state index contributed by atoms with van der Waals surface area (Å²) in [6.45, 7) is 5.51. The molecule has 3 rings (SSSR count). The van der Waals surface area contributed by atoms with Crippen molar-refractivity contribution in [3.8, 4) is 11.5 Å². The van der Waals surface area contributed by atoms with E-state index in [0.717, 1.165) is 11.1 Å². The van der Waals surface area contributed by atoms with E-state index in [4.69, 9.17) is 13.9 Å². The lowest BCUT2D eigenvalue weighted by atomic mass is 10.1. The van der Waals surface area contributed by atoms with E-state index in [0.29, 0.717) is 37.0 Å². The number of oxazole rings is 1. The maximum Gasteiger partial charge on any atom is 0.273 e. The largest absolute Gasteiger partial charge is 0.493 e. The average Bonchev–Trinajstić information content (AvgIpc) is 3.22. The van der Waals surface area contributed by atoms with Crippen LogP contribution in [-0.4, -0.2) is 36.1 Å². The van der Waals surface area contributed by atoms with Crippen LogP contribution in [0.15, 0.2) is 59.2 Å². The Labute approximate surface area is 183 Å². The summed E-state index contributed by atoms with van der Waals surface area (Å²) in [5, 5.41) is 2.83. The molecular weight excluding hydrogens is 394 g/mol. The van der Waals surface area contributed by atoms with Crippen LogP contribution < -0.4 is 14.8 Å². The second-order valence-electron chi connectivity index (χ2n) is 7.54. The normalized spacial score (nSPS) is 11.0. The molecule has 0 saturated carbocycles. The highest BCUT2D eigenvalue weighted by molar-refractivity contribution is 5.92. The molecule has 7 heteroatoms. The monoisotopic (exact) mass is 423 g/mol. The molecule has 164 valence electrons. The Morgan fingerprint density at radius 2 is 1.81 bits per heavy atom. The van der Waals surface area contributed by atoms with Gasteiger partial charge in [-0.05, 0) is 25.5 Å². The molecule has 1 amide bonds. The van der Waals surface area contributed by atoms with Gasteiger partial charge in [-0.1, -0.05) is 42.5 Å². The summed E-state index contributed by atoms with van der Waals surface area (Å²) >= 11 is 0. The quantitative estimate of drug-likeness (QED) is 0.531. The second-order valence-corrected chi connectivity index (χ2v) is 7.54. The molecule has 0 radical (unpaired) electrons. The average molecular weight is 424 g/mol. The Hall–Kier alpha value is -3.32. The molecule has 0 saturated heterocycles. The lowest BCUT2D eigenvalue weighted by Crippen LogP contribution is -2.30. The molecule has 0 fully saturated rings. The number of carbonyl (C=O) groups excluding carboxylic acids is 1. The van der Waals surface area contributed by atoms with Crippen molar-refractivity contribution in [1.29, 1.82) is 0 Å². The van der Waals surface area contributed by atoms with Crippen molar-refractivity contribution in [2.75, 3.05) is 14.2 Å². The SMILES string of the molecule is COc1cccc(CN(Cc2ccccc2)Cc2nc(C(=O)NC(C)C)co2)c1OC. The molecule has 0 aliphatic heterocycles. The summed E-state index contributed by atoms with van der Waals surface area (Å²) in [5.74, 6) is 1.62. The topological polar surface area (TPSA) is 76.8 Å². The van der Waals surface area contributed by atoms with Crippen LogP contribution in [0.3, 0.4) is 0 Å². The van der Waals surface area contributed by atoms with Gasteiger partial charge in [0.2, 0.25) is 5.89 Å². The van der Waals surface area contributed by atoms with Gasteiger partial charge in [0.1, 0.15) is 6.26 Å². The lowest BCUT2D eigenvalue weighted by molar-refractivity contribution is 0.0938. The number of hydrogen-bond acceptors (Lipinski definition) is 6. The third-order valence-corrected chi connectivity index (χ3v) is 4.69. The number of amides is 1. The van der Waals surface area contributed by atoms with Gasteiger partial charge in [-0.15, -0.1) is 0 Å². The summed E-state index contributed by atoms with van der Waals surface area (Å²) < 4.78 is 16.6. The molecule has 31 heavy (non-hydrogen) atoms. The summed E-state index contributed by atoms with van der Waals surface area (Å²) in [4.78, 5) is 18.8. The molecule has 0 spiro atoms. The molecule has 0 aliphatic carbocycles. The molecule has 0 aliphatic rings. The summed E-state index contributed by atoms with van der Waals surface area (Å²) in [5.41, 5.74) is 2.43. The number of hydrogen-bond donors (Lipinski definition) is 1. The summed E-state index contributed by atoms with van der Waals surface area (Å²) in [7, 11) is 3.26. The molecular formula is C24H29N3O4. The first-order chi connectivity index (χ1) is 15.0. The number of ether oxygens (including phenoxy) is 2. The van der Waals surface area contributed by atoms with Gasteiger partial charge in [0.05, 0.1) is 20.8 Å². The predicted octanol–water partition coefficient (Wildman–Crippen LogP) is 4.03. The predicted molar refractivity (Wildman–Crippen MR) is 118 cm³/mol. The number of nitrogens with zero attached hydrogens (tertiary/aromatic N) is 2. The van der Waals surface area contributed by atoms with Crippen molar-refractivity contribution >= 4 is 5.91 Å². The van der Waals surface area contributed by atoms with E-state index in [2.05, 4.69) is 27.3 Å². The van der Waals surface area contributed by atoms with Gasteiger partial charge in [-0.2, -0.15) is 0 Å². The fourth-order valence-corrected chi connectivity index (χ4v) is 3.34. The maximum atomic E-state index is 12.2. The Morgan fingerprint density at radius 1 is 1.03 bits per heavy atom. The van der Waals surface area contributed by atoms with Gasteiger partial charge in [0, 0.05) is 24.7 Å². The van der Waals surface area contributed by atoms with Crippen LogP contribution in [0.4, 0.5) is 0 Å². The van der Waals surface area contributed by atoms with Gasteiger partial charge in [-0.25, -0.2) is 4.98 Å². The van der Waals surface area contributed by atoms with Crippen molar-refractivity contribution in [3.63, 3.8) is 0 Å². The van der Waals surface area contributed by atoms with Crippen LogP contribution in [0.1, 0.15) is 41.4 Å². The number of methoxy groups -OCH3 is 2. The number of nitrogens with one attached hydrogen (secondary N) is 1. The molecule has 3 aromatic rings. The highest BCUT2D eigenvalue weighted by Crippen LogP contribution is 2.32. The van der Waals surface area contributed by atoms with Crippen molar-refractivity contribution in [2.24, 2.45) is 0 Å². The minimum Gasteiger partial charge on any atom is -0.493 e. The van der Waals surface area contributed by atoms with E-state index in [1.807, 2.05) is 50.2 Å². The van der Waals surface area contributed by atoms with Crippen molar-refractivity contribution < 1.29 is 18.7 Å². The first-order valence-electron chi connectivity index (χ1n) is 10.2. The van der Waals surface area contributed by atoms with E-state index in [1.54, 1.807) is 14.2 Å². The van der Waals surface area contributed by atoms with Crippen LogP contribution in [0.5, 0.6) is 11.5 Å². The Bertz CT molecular complexity index is 985. The highest BCUT2D eigenvalue weighted by Gasteiger charge is 2.18. The molecule has 2 aromatic carbocycles. The van der Waals surface area contributed by atoms with Gasteiger partial charge in [-0.3, -0.25) is 9.69 Å². The van der Waals surface area contributed by atoms with Crippen LogP contribution in [0.2, 0.25) is 0 Å². The zero-order valence-corrected chi connectivity index (χ0v) is 18.4. The molecule has 0 atom stereocenters. The van der Waals surface area contributed by atoms with E-state index < -0.39 is 0 Å². The zero-order valence-electron chi connectivity index (χ0n) is 18.4. The maximum absolute atomic E-state index is 12.2. The van der Waals surface area contributed by atoms with E-state index in [-0.39, 0.29) is 17.6 Å². The minimum absolute atomic E-state index is 0.0303. The molecule has 1 aromatic heterocycles. The fourth-order valence-electron chi connectivity index (χ4n) is 3.34. The Morgan fingerprint density at radius 3 is 2.48 bits per heavy atom. The smallest absolute Gasteiger partial charge is 0.273 e. The zero-order chi connectivity index (χ0) is 22.2. The van der Waals surface area contributed by atoms with Crippen molar-refractivity contribution in [3.05, 3.63) is 77.5 Å². The van der Waals surface area contributed by atoms with Crippen molar-refractivity contribution in [1.82, 2.24) is 15.2 Å². The standard InChI is InChI=1S/C24H29N3O4/c1-17(2)25-24(28)20-16-31-22(26-20)15-27(13-18-9-6-5-7-10-18)14-19-11-8-12-21(29-3)23(19)30-4/h5-12,16-17H,13-15H2,1-4H3,(H,25,28). The van der Waals surface area contributed by atoms with Gasteiger partial charge < -0.3 is 19.2 Å². The van der Waals surface area contributed by atoms with Crippen LogP contribution >= 0.6 is 0 Å². The summed E-state index contributed by atoms with van der Waals surface area (Å²) in [6.07, 6.45) is 1.40. The highest BCUT2D eigenvalue weighted by atomic mass is 16.5. The third kappa shape index (κ3) is 6.08. The van der Waals surface area contributed by atoms with Crippen molar-refractivity contribution in [2.45, 2.75) is 39.5 Å². The number of rotatable bonds is 10. The fraction of sp³-hybridized carbons (Fsp3) is 0.333. The van der Waals surface area contributed by atoms with Crippen LogP contribution in [-0.2, 0) is 19.6 Å². The third-order valence-electron chi connectivity index (χ3n) is 4.69. The first-order valence-corrected chi connectivity index (χ1v) is 10.2. The minimum atomic E-state index is -0.242. The number of para-hydroxylation sites is 1. The molecule has 7 nitrogen and oxygen atoms in total.